The molecule has 0 aromatic carbocycles. The van der Waals surface area contributed by atoms with Crippen molar-refractivity contribution < 1.29 is 19.1 Å². The number of carbonyl (C=O) groups excluding carboxylic acids is 3. The third-order valence-corrected chi connectivity index (χ3v) is 2.77. The summed E-state index contributed by atoms with van der Waals surface area (Å²) < 4.78 is 4.82. The van der Waals surface area contributed by atoms with Crippen molar-refractivity contribution in [1.82, 2.24) is 4.90 Å². The number of hydrogen-bond donors (Lipinski definition) is 0. The zero-order valence-corrected chi connectivity index (χ0v) is 9.80. The van der Waals surface area contributed by atoms with E-state index in [0.29, 0.717) is 0 Å². The van der Waals surface area contributed by atoms with E-state index in [-0.39, 0.29) is 25.2 Å². The highest BCUT2D eigenvalue weighted by molar-refractivity contribution is 5.97. The van der Waals surface area contributed by atoms with Crippen LogP contribution in [0.2, 0.25) is 0 Å². The normalized spacial score (nSPS) is 23.0. The first-order valence-corrected chi connectivity index (χ1v) is 5.36. The number of ether oxygens (including phenoxy) is 1. The van der Waals surface area contributed by atoms with Gasteiger partial charge in [0.15, 0.2) is 6.19 Å². The molecule has 17 heavy (non-hydrogen) atoms. The molecule has 1 aliphatic rings. The molecule has 0 bridgehead atoms. The summed E-state index contributed by atoms with van der Waals surface area (Å²) in [5.74, 6) is -2.69. The highest BCUT2D eigenvalue weighted by Gasteiger charge is 2.44. The highest BCUT2D eigenvalue weighted by Crippen LogP contribution is 2.31. The third-order valence-electron chi connectivity index (χ3n) is 2.77. The summed E-state index contributed by atoms with van der Waals surface area (Å²) in [5, 5.41) is 8.61. The minimum absolute atomic E-state index is 0.00827. The van der Waals surface area contributed by atoms with Gasteiger partial charge in [-0.3, -0.25) is 19.3 Å². The van der Waals surface area contributed by atoms with Crippen molar-refractivity contribution in [3.8, 4) is 6.19 Å². The van der Waals surface area contributed by atoms with Crippen LogP contribution in [-0.2, 0) is 19.1 Å². The standard InChI is InChI=1S/C11H14N2O4/c1-3-17-11(16)9-5-7(14)4-8(9)10(15)13(2)6-12/h8-9H,3-5H2,1-2H3/t8-,9-/m1/s1. The van der Waals surface area contributed by atoms with Gasteiger partial charge >= 0.3 is 5.97 Å². The Labute approximate surface area is 99.1 Å². The molecule has 0 heterocycles. The zero-order chi connectivity index (χ0) is 13.0. The van der Waals surface area contributed by atoms with Gasteiger partial charge in [-0.1, -0.05) is 0 Å². The number of nitriles is 1. The first-order valence-electron chi connectivity index (χ1n) is 5.36. The number of esters is 1. The number of ketones is 1. The van der Waals surface area contributed by atoms with Gasteiger partial charge in [-0.25, -0.2) is 0 Å². The molecule has 0 unspecified atom stereocenters. The van der Waals surface area contributed by atoms with E-state index in [1.54, 1.807) is 13.1 Å². The second kappa shape index (κ2) is 5.43. The smallest absolute Gasteiger partial charge is 0.310 e. The van der Waals surface area contributed by atoms with Crippen LogP contribution in [0.25, 0.3) is 0 Å². The number of carbonyl (C=O) groups is 3. The molecule has 6 heteroatoms. The predicted octanol–water partition coefficient (Wildman–Crippen LogP) is 0.0843. The third kappa shape index (κ3) is 2.81. The summed E-state index contributed by atoms with van der Waals surface area (Å²) in [7, 11) is 1.31. The van der Waals surface area contributed by atoms with Crippen molar-refractivity contribution in [1.29, 1.82) is 5.26 Å². The summed E-state index contributed by atoms with van der Waals surface area (Å²) in [5.41, 5.74) is 0. The molecule has 1 fully saturated rings. The van der Waals surface area contributed by atoms with Gasteiger partial charge in [0.25, 0.3) is 0 Å². The molecule has 0 aromatic rings. The molecule has 1 amide bonds. The molecule has 92 valence electrons. The number of Topliss-reactive ketones (excluding diaryl/α,β-unsaturated/α-hetero) is 1. The van der Waals surface area contributed by atoms with Gasteiger partial charge in [-0.05, 0) is 6.92 Å². The number of amides is 1. The van der Waals surface area contributed by atoms with Crippen molar-refractivity contribution in [2.75, 3.05) is 13.7 Å². The van der Waals surface area contributed by atoms with Crippen LogP contribution in [0.4, 0.5) is 0 Å². The Balaban J connectivity index is 2.82. The largest absolute Gasteiger partial charge is 0.466 e. The second-order valence-electron chi connectivity index (χ2n) is 3.91. The van der Waals surface area contributed by atoms with Gasteiger partial charge < -0.3 is 4.74 Å². The average molecular weight is 238 g/mol. The van der Waals surface area contributed by atoms with E-state index in [9.17, 15) is 14.4 Å². The summed E-state index contributed by atoms with van der Waals surface area (Å²) in [6, 6.07) is 0. The number of nitrogens with zero attached hydrogens (tertiary/aromatic N) is 2. The Kier molecular flexibility index (Phi) is 4.21. The van der Waals surface area contributed by atoms with Gasteiger partial charge in [0.2, 0.25) is 5.91 Å². The van der Waals surface area contributed by atoms with Crippen molar-refractivity contribution >= 4 is 17.7 Å². The lowest BCUT2D eigenvalue weighted by atomic mass is 9.95. The van der Waals surface area contributed by atoms with Gasteiger partial charge in [-0.2, -0.15) is 5.26 Å². The molecule has 0 N–H and O–H groups in total. The summed E-state index contributed by atoms with van der Waals surface area (Å²) in [4.78, 5) is 35.5. The molecule has 1 aliphatic carbocycles. The van der Waals surface area contributed by atoms with E-state index < -0.39 is 23.7 Å². The summed E-state index contributed by atoms with van der Waals surface area (Å²) in [6.45, 7) is 1.87. The van der Waals surface area contributed by atoms with Crippen LogP contribution < -0.4 is 0 Å². The van der Waals surface area contributed by atoms with Crippen LogP contribution >= 0.6 is 0 Å². The lowest BCUT2D eigenvalue weighted by Gasteiger charge is -2.18. The molecule has 1 rings (SSSR count). The molecule has 2 atom stereocenters. The van der Waals surface area contributed by atoms with Crippen LogP contribution in [0.3, 0.4) is 0 Å². The molecule has 0 radical (unpaired) electrons. The number of hydrogen-bond acceptors (Lipinski definition) is 5. The summed E-state index contributed by atoms with van der Waals surface area (Å²) in [6.07, 6.45) is 1.70. The van der Waals surface area contributed by atoms with Crippen LogP contribution in [0.1, 0.15) is 19.8 Å². The maximum atomic E-state index is 11.8. The van der Waals surface area contributed by atoms with E-state index in [2.05, 4.69) is 0 Å². The number of rotatable bonds is 3. The fourth-order valence-electron chi connectivity index (χ4n) is 1.91. The van der Waals surface area contributed by atoms with Crippen LogP contribution in [0.5, 0.6) is 0 Å². The van der Waals surface area contributed by atoms with E-state index in [0.717, 1.165) is 4.90 Å². The van der Waals surface area contributed by atoms with Gasteiger partial charge in [0.1, 0.15) is 5.78 Å². The molecule has 1 saturated carbocycles. The zero-order valence-electron chi connectivity index (χ0n) is 9.80. The highest BCUT2D eigenvalue weighted by atomic mass is 16.5. The Bertz CT molecular complexity index is 385. The van der Waals surface area contributed by atoms with Gasteiger partial charge in [-0.15, -0.1) is 0 Å². The van der Waals surface area contributed by atoms with Gasteiger partial charge in [0.05, 0.1) is 18.4 Å². The van der Waals surface area contributed by atoms with E-state index in [1.807, 2.05) is 0 Å². The minimum Gasteiger partial charge on any atom is -0.466 e. The lowest BCUT2D eigenvalue weighted by molar-refractivity contribution is -0.152. The van der Waals surface area contributed by atoms with Crippen LogP contribution in [-0.4, -0.2) is 36.2 Å². The van der Waals surface area contributed by atoms with E-state index in [1.165, 1.54) is 7.05 Å². The summed E-state index contributed by atoms with van der Waals surface area (Å²) >= 11 is 0. The Morgan fingerprint density at radius 2 is 2.06 bits per heavy atom. The molecule has 0 spiro atoms. The van der Waals surface area contributed by atoms with Crippen LogP contribution in [0.15, 0.2) is 0 Å². The molecule has 0 aromatic heterocycles. The fraction of sp³-hybridized carbons (Fsp3) is 0.636. The minimum atomic E-state index is -0.758. The second-order valence-corrected chi connectivity index (χ2v) is 3.91. The van der Waals surface area contributed by atoms with Crippen LogP contribution in [0, 0.1) is 23.3 Å². The van der Waals surface area contributed by atoms with E-state index >= 15 is 0 Å². The molecular weight excluding hydrogens is 224 g/mol. The van der Waals surface area contributed by atoms with Crippen molar-refractivity contribution in [3.05, 3.63) is 0 Å². The van der Waals surface area contributed by atoms with Gasteiger partial charge in [0, 0.05) is 19.9 Å². The monoisotopic (exact) mass is 238 g/mol. The van der Waals surface area contributed by atoms with E-state index in [4.69, 9.17) is 10.00 Å². The maximum Gasteiger partial charge on any atom is 0.310 e. The van der Waals surface area contributed by atoms with Crippen molar-refractivity contribution in [2.24, 2.45) is 11.8 Å². The average Bonchev–Trinajstić information content (AvgIpc) is 2.69. The topological polar surface area (TPSA) is 87.5 Å². The SMILES string of the molecule is CCOC(=O)[C@@H]1CC(=O)C[C@H]1C(=O)N(C)C#N. The lowest BCUT2D eigenvalue weighted by Crippen LogP contribution is -2.34. The Morgan fingerprint density at radius 1 is 1.47 bits per heavy atom. The predicted molar refractivity (Wildman–Crippen MR) is 56.2 cm³/mol. The Hall–Kier alpha value is -1.90. The maximum absolute atomic E-state index is 11.8. The molecule has 0 saturated heterocycles. The fourth-order valence-corrected chi connectivity index (χ4v) is 1.91. The molecule has 0 aliphatic heterocycles. The van der Waals surface area contributed by atoms with Crippen molar-refractivity contribution in [3.63, 3.8) is 0 Å². The first kappa shape index (κ1) is 13.2. The molecular formula is C11H14N2O4. The first-order chi connectivity index (χ1) is 8.01. The Morgan fingerprint density at radius 3 is 2.59 bits per heavy atom. The molecule has 6 nitrogen and oxygen atoms in total. The quantitative estimate of drug-likeness (QED) is 0.395. The van der Waals surface area contributed by atoms with Crippen molar-refractivity contribution in [2.45, 2.75) is 19.8 Å².